The number of aliphatic carboxylic acids is 1. The highest BCUT2D eigenvalue weighted by atomic mass is 35.5. The topological polar surface area (TPSA) is 90.0 Å². The zero-order valence-electron chi connectivity index (χ0n) is 21.6. The van der Waals surface area contributed by atoms with E-state index in [-0.39, 0.29) is 62.8 Å². The molecule has 2 amide bonds. The van der Waals surface area contributed by atoms with Gasteiger partial charge < -0.3 is 15.3 Å². The van der Waals surface area contributed by atoms with E-state index >= 15 is 8.78 Å². The molecule has 6 aliphatic rings. The quantitative estimate of drug-likeness (QED) is 0.386. The molecule has 14 heteroatoms. The third-order valence-corrected chi connectivity index (χ3v) is 10.5. The van der Waals surface area contributed by atoms with Gasteiger partial charge in [-0.15, -0.1) is 0 Å². The molecule has 2 aromatic carbocycles. The van der Waals surface area contributed by atoms with Crippen LogP contribution in [0.15, 0.2) is 30.3 Å². The van der Waals surface area contributed by atoms with Crippen molar-refractivity contribution in [2.24, 2.45) is 17.3 Å². The second-order valence-electron chi connectivity index (χ2n) is 12.4. The first-order chi connectivity index (χ1) is 19.6. The summed E-state index contributed by atoms with van der Waals surface area (Å²) in [6.45, 7) is -0.951. The number of carbonyl (C=O) groups is 3. The van der Waals surface area contributed by atoms with Crippen LogP contribution in [-0.2, 0) is 19.9 Å². The Balaban J connectivity index is 1.40. The van der Waals surface area contributed by atoms with E-state index in [1.165, 1.54) is 35.2 Å². The van der Waals surface area contributed by atoms with Crippen molar-refractivity contribution in [3.63, 3.8) is 0 Å². The molecule has 2 saturated heterocycles. The van der Waals surface area contributed by atoms with Crippen LogP contribution in [0.2, 0.25) is 20.1 Å². The van der Waals surface area contributed by atoms with Crippen molar-refractivity contribution in [3.8, 4) is 0 Å². The lowest BCUT2D eigenvalue weighted by molar-refractivity contribution is -0.207. The molecule has 3 heterocycles. The lowest BCUT2D eigenvalue weighted by atomic mass is 9.42. The number of alkyl halides is 3. The van der Waals surface area contributed by atoms with Gasteiger partial charge in [0.05, 0.1) is 23.2 Å². The average Bonchev–Trinajstić information content (AvgIpc) is 3.40. The van der Waals surface area contributed by atoms with Gasteiger partial charge in [0.1, 0.15) is 17.1 Å². The number of fused-ring (bicyclic) bond motifs is 4. The number of nitrogens with zero attached hydrogens (tertiary/aromatic N) is 2. The van der Waals surface area contributed by atoms with Crippen molar-refractivity contribution in [1.82, 2.24) is 4.90 Å². The number of hydrogen-bond donors (Lipinski definition) is 2. The zero-order valence-corrected chi connectivity index (χ0v) is 24.6. The van der Waals surface area contributed by atoms with Crippen LogP contribution < -0.4 is 10.2 Å². The van der Waals surface area contributed by atoms with Crippen LogP contribution in [0.1, 0.15) is 31.2 Å². The molecule has 4 atom stereocenters. The van der Waals surface area contributed by atoms with Crippen LogP contribution in [0, 0.1) is 17.3 Å². The first-order valence-corrected chi connectivity index (χ1v) is 14.7. The lowest BCUT2D eigenvalue weighted by Crippen LogP contribution is -2.68. The van der Waals surface area contributed by atoms with Crippen LogP contribution in [0.4, 0.5) is 24.5 Å². The van der Waals surface area contributed by atoms with Gasteiger partial charge in [-0.2, -0.15) is 0 Å². The number of carbonyl (C=O) groups excluding carboxylic acids is 2. The van der Waals surface area contributed by atoms with Gasteiger partial charge in [0.15, 0.2) is 0 Å². The van der Waals surface area contributed by atoms with Crippen molar-refractivity contribution < 1.29 is 32.7 Å². The van der Waals surface area contributed by atoms with Crippen LogP contribution >= 0.6 is 46.4 Å². The van der Waals surface area contributed by atoms with E-state index in [4.69, 9.17) is 46.4 Å². The summed E-state index contributed by atoms with van der Waals surface area (Å²) in [5.41, 5.74) is -3.75. The van der Waals surface area contributed by atoms with Gasteiger partial charge in [0, 0.05) is 45.3 Å². The number of halogens is 7. The molecule has 0 radical (unpaired) electrons. The Labute approximate surface area is 257 Å². The molecule has 2 N–H and O–H groups in total. The summed E-state index contributed by atoms with van der Waals surface area (Å²) < 4.78 is 44.8. The third kappa shape index (κ3) is 3.87. The fraction of sp³-hybridized carbons (Fsp3) is 0.464. The maximum absolute atomic E-state index is 15.2. The number of carboxylic acids is 1. The van der Waals surface area contributed by atoms with Gasteiger partial charge in [0.25, 0.3) is 11.8 Å². The van der Waals surface area contributed by atoms with Crippen LogP contribution in [-0.4, -0.2) is 58.5 Å². The minimum absolute atomic E-state index is 0.00289. The molecule has 3 saturated carbocycles. The second kappa shape index (κ2) is 8.91. The van der Waals surface area contributed by atoms with Crippen LogP contribution in [0.5, 0.6) is 0 Å². The van der Waals surface area contributed by atoms with Crippen molar-refractivity contribution in [2.45, 2.75) is 48.9 Å². The van der Waals surface area contributed by atoms with E-state index in [2.05, 4.69) is 5.32 Å². The molecule has 3 aliphatic carbocycles. The van der Waals surface area contributed by atoms with Crippen molar-refractivity contribution in [2.75, 3.05) is 23.3 Å². The molecule has 0 unspecified atom stereocenters. The standard InChI is InChI=1S/C28H22Cl4F3N3O4/c29-12-1-13(30)3-15(2-12)37(10-25-7-26(33,8-25)9-25)22(39)19-18-6-27(34,35)11-38(18)28(20(19)23(40)41)16-4-14(31)5-17(32)21(16)36-24(28)42/h1-5,18-20H,6-11H2,(H,36,42)(H,40,41)/t18-,19+,20-,25?,26?,28+/m1/s1. The number of benzene rings is 2. The van der Waals surface area contributed by atoms with Gasteiger partial charge in [-0.05, 0) is 55.0 Å². The molecule has 222 valence electrons. The number of hydrogen-bond acceptors (Lipinski definition) is 4. The number of amides is 2. The van der Waals surface area contributed by atoms with E-state index in [0.717, 1.165) is 4.90 Å². The fourth-order valence-electron chi connectivity index (χ4n) is 8.32. The van der Waals surface area contributed by atoms with Gasteiger partial charge in [-0.25, -0.2) is 13.2 Å². The normalized spacial score (nSPS) is 35.3. The van der Waals surface area contributed by atoms with Crippen molar-refractivity contribution >= 4 is 75.6 Å². The number of nitrogens with one attached hydrogen (secondary N) is 1. The minimum Gasteiger partial charge on any atom is -0.481 e. The van der Waals surface area contributed by atoms with Gasteiger partial charge >= 0.3 is 5.97 Å². The summed E-state index contributed by atoms with van der Waals surface area (Å²) in [5.74, 6) is -9.93. The van der Waals surface area contributed by atoms with E-state index in [9.17, 15) is 23.9 Å². The summed E-state index contributed by atoms with van der Waals surface area (Å²) in [7, 11) is 0. The molecular formula is C28H22Cl4F3N3O4. The molecule has 2 bridgehead atoms. The number of anilines is 2. The van der Waals surface area contributed by atoms with Crippen LogP contribution in [0.25, 0.3) is 0 Å². The summed E-state index contributed by atoms with van der Waals surface area (Å²) in [6, 6.07) is 5.71. The van der Waals surface area contributed by atoms with Gasteiger partial charge in [0.2, 0.25) is 5.91 Å². The van der Waals surface area contributed by atoms with Crippen molar-refractivity contribution in [3.05, 3.63) is 56.0 Å². The Bertz CT molecular complexity index is 1570. The van der Waals surface area contributed by atoms with Crippen LogP contribution in [0.3, 0.4) is 0 Å². The smallest absolute Gasteiger partial charge is 0.310 e. The molecule has 42 heavy (non-hydrogen) atoms. The van der Waals surface area contributed by atoms with Crippen molar-refractivity contribution in [1.29, 1.82) is 0 Å². The number of carboxylic acid groups (broad SMARTS) is 1. The third-order valence-electron chi connectivity index (χ3n) is 9.58. The summed E-state index contributed by atoms with van der Waals surface area (Å²) >= 11 is 25.1. The van der Waals surface area contributed by atoms with Gasteiger partial charge in [-0.3, -0.25) is 19.3 Å². The predicted octanol–water partition coefficient (Wildman–Crippen LogP) is 6.41. The molecule has 2 aromatic rings. The largest absolute Gasteiger partial charge is 0.481 e. The summed E-state index contributed by atoms with van der Waals surface area (Å²) in [5, 5.41) is 13.7. The van der Waals surface area contributed by atoms with E-state index in [1.807, 2.05) is 0 Å². The maximum atomic E-state index is 15.2. The Kier molecular flexibility index (Phi) is 6.05. The highest BCUT2D eigenvalue weighted by Gasteiger charge is 2.75. The zero-order chi connectivity index (χ0) is 30.1. The highest BCUT2D eigenvalue weighted by Crippen LogP contribution is 2.70. The Morgan fingerprint density at radius 1 is 1.00 bits per heavy atom. The monoisotopic (exact) mass is 661 g/mol. The highest BCUT2D eigenvalue weighted by molar-refractivity contribution is 6.38. The molecule has 8 rings (SSSR count). The van der Waals surface area contributed by atoms with Gasteiger partial charge in [-0.1, -0.05) is 46.4 Å². The summed E-state index contributed by atoms with van der Waals surface area (Å²) in [4.78, 5) is 44.1. The predicted molar refractivity (Wildman–Crippen MR) is 150 cm³/mol. The number of rotatable bonds is 5. The molecule has 5 fully saturated rings. The Hall–Kier alpha value is -2.24. The summed E-state index contributed by atoms with van der Waals surface area (Å²) in [6.07, 6.45) is -0.199. The molecular weight excluding hydrogens is 641 g/mol. The first-order valence-electron chi connectivity index (χ1n) is 13.2. The Morgan fingerprint density at radius 2 is 1.62 bits per heavy atom. The Morgan fingerprint density at radius 3 is 2.21 bits per heavy atom. The lowest BCUT2D eigenvalue weighted by Gasteiger charge is -2.66. The molecule has 0 aromatic heterocycles. The molecule has 1 spiro atoms. The second-order valence-corrected chi connectivity index (χ2v) is 14.1. The molecule has 7 nitrogen and oxygen atoms in total. The maximum Gasteiger partial charge on any atom is 0.310 e. The average molecular weight is 663 g/mol. The first kappa shape index (κ1) is 28.5. The fourth-order valence-corrected chi connectivity index (χ4v) is 9.37. The SMILES string of the molecule is O=C(O)[C@H]1[C@@H](C(=O)N(CC23CC(F)(C2)C3)c2cc(Cl)cc(Cl)c2)[C@H]2CC(F)(F)CN2[C@]12C(=O)Nc1c(Cl)cc(Cl)cc12. The van der Waals surface area contributed by atoms with E-state index < -0.39 is 71.2 Å². The van der Waals surface area contributed by atoms with E-state index in [1.54, 1.807) is 0 Å². The van der Waals surface area contributed by atoms with E-state index in [0.29, 0.717) is 0 Å². The minimum atomic E-state index is -3.33. The molecule has 3 aliphatic heterocycles.